The van der Waals surface area contributed by atoms with Gasteiger partial charge in [0.15, 0.2) is 0 Å². The summed E-state index contributed by atoms with van der Waals surface area (Å²) >= 11 is 0. The van der Waals surface area contributed by atoms with Crippen LogP contribution in [0.5, 0.6) is 0 Å². The smallest absolute Gasteiger partial charge is 0.0291 e. The highest BCUT2D eigenvalue weighted by Crippen LogP contribution is 2.43. The molecule has 2 aliphatic rings. The van der Waals surface area contributed by atoms with Crippen molar-refractivity contribution in [1.29, 1.82) is 0 Å². The lowest BCUT2D eigenvalue weighted by molar-refractivity contribution is 0.274. The van der Waals surface area contributed by atoms with E-state index in [1.54, 1.807) is 0 Å². The third kappa shape index (κ3) is 1.40. The van der Waals surface area contributed by atoms with E-state index in [0.29, 0.717) is 0 Å². The second-order valence-electron chi connectivity index (χ2n) is 4.28. The number of allylic oxidation sites excluding steroid dienone is 2. The SMILES string of the molecule is C=C1CC2CC(=C)CC(C1)C2. The molecule has 2 saturated carbocycles. The summed E-state index contributed by atoms with van der Waals surface area (Å²) in [6, 6.07) is 0. The largest absolute Gasteiger partial charge is 0.0998 e. The number of hydrogen-bond donors (Lipinski definition) is 0. The van der Waals surface area contributed by atoms with E-state index in [9.17, 15) is 0 Å². The molecule has 0 nitrogen and oxygen atoms in total. The molecule has 0 aliphatic heterocycles. The highest BCUT2D eigenvalue weighted by atomic mass is 14.3. The zero-order chi connectivity index (χ0) is 7.84. The molecule has 0 saturated heterocycles. The van der Waals surface area contributed by atoms with Gasteiger partial charge in [0.2, 0.25) is 0 Å². The third-order valence-electron chi connectivity index (χ3n) is 2.98. The molecule has 2 rings (SSSR count). The molecule has 0 spiro atoms. The van der Waals surface area contributed by atoms with E-state index in [4.69, 9.17) is 0 Å². The summed E-state index contributed by atoms with van der Waals surface area (Å²) in [5, 5.41) is 0. The van der Waals surface area contributed by atoms with Crippen LogP contribution in [0.2, 0.25) is 0 Å². The van der Waals surface area contributed by atoms with Gasteiger partial charge in [0.25, 0.3) is 0 Å². The minimum atomic E-state index is 0.905. The van der Waals surface area contributed by atoms with Crippen molar-refractivity contribution in [1.82, 2.24) is 0 Å². The average Bonchev–Trinajstić information content (AvgIpc) is 1.82. The van der Waals surface area contributed by atoms with Crippen molar-refractivity contribution in [3.63, 3.8) is 0 Å². The Morgan fingerprint density at radius 3 is 1.55 bits per heavy atom. The Hall–Kier alpha value is -0.520. The maximum absolute atomic E-state index is 4.09. The molecule has 0 radical (unpaired) electrons. The monoisotopic (exact) mass is 148 g/mol. The van der Waals surface area contributed by atoms with E-state index >= 15 is 0 Å². The molecule has 0 aromatic heterocycles. The Bertz CT molecular complexity index is 162. The molecule has 0 aromatic carbocycles. The first-order valence-corrected chi connectivity index (χ1v) is 4.57. The maximum atomic E-state index is 4.09. The Labute approximate surface area is 69.0 Å². The van der Waals surface area contributed by atoms with Gasteiger partial charge in [-0.05, 0) is 43.9 Å². The van der Waals surface area contributed by atoms with Crippen molar-refractivity contribution in [3.05, 3.63) is 24.3 Å². The van der Waals surface area contributed by atoms with Crippen LogP contribution in [-0.4, -0.2) is 0 Å². The quantitative estimate of drug-likeness (QED) is 0.462. The minimum Gasteiger partial charge on any atom is -0.0998 e. The van der Waals surface area contributed by atoms with Gasteiger partial charge in [-0.2, -0.15) is 0 Å². The molecule has 2 aliphatic carbocycles. The molecule has 0 heteroatoms. The van der Waals surface area contributed by atoms with Crippen molar-refractivity contribution in [3.8, 4) is 0 Å². The van der Waals surface area contributed by atoms with Crippen LogP contribution in [0.15, 0.2) is 24.3 Å². The summed E-state index contributed by atoms with van der Waals surface area (Å²) in [5.41, 5.74) is 2.97. The van der Waals surface area contributed by atoms with Gasteiger partial charge >= 0.3 is 0 Å². The van der Waals surface area contributed by atoms with E-state index in [-0.39, 0.29) is 0 Å². The van der Waals surface area contributed by atoms with Gasteiger partial charge in [0.05, 0.1) is 0 Å². The lowest BCUT2D eigenvalue weighted by Crippen LogP contribution is -2.22. The van der Waals surface area contributed by atoms with Crippen LogP contribution in [0.4, 0.5) is 0 Å². The fraction of sp³-hybridized carbons (Fsp3) is 0.636. The molecule has 0 aromatic rings. The molecule has 2 fully saturated rings. The molecular weight excluding hydrogens is 132 g/mol. The van der Waals surface area contributed by atoms with E-state index in [1.165, 1.54) is 43.3 Å². The molecule has 2 bridgehead atoms. The topological polar surface area (TPSA) is 0 Å². The van der Waals surface area contributed by atoms with Crippen LogP contribution in [0.1, 0.15) is 32.1 Å². The van der Waals surface area contributed by atoms with Gasteiger partial charge in [0.1, 0.15) is 0 Å². The summed E-state index contributed by atoms with van der Waals surface area (Å²) in [5.74, 6) is 1.81. The normalized spacial score (nSPS) is 37.5. The van der Waals surface area contributed by atoms with Gasteiger partial charge < -0.3 is 0 Å². The highest BCUT2D eigenvalue weighted by molar-refractivity contribution is 5.12. The summed E-state index contributed by atoms with van der Waals surface area (Å²) in [6.07, 6.45) is 6.54. The summed E-state index contributed by atoms with van der Waals surface area (Å²) < 4.78 is 0. The van der Waals surface area contributed by atoms with E-state index in [2.05, 4.69) is 13.2 Å². The summed E-state index contributed by atoms with van der Waals surface area (Å²) in [6.45, 7) is 8.18. The van der Waals surface area contributed by atoms with Crippen molar-refractivity contribution in [2.75, 3.05) is 0 Å². The number of hydrogen-bond acceptors (Lipinski definition) is 0. The number of rotatable bonds is 0. The van der Waals surface area contributed by atoms with Crippen LogP contribution in [-0.2, 0) is 0 Å². The second kappa shape index (κ2) is 2.51. The molecule has 0 unspecified atom stereocenters. The molecule has 0 heterocycles. The zero-order valence-corrected chi connectivity index (χ0v) is 7.10. The molecular formula is C11H16. The predicted octanol–water partition coefficient (Wildman–Crippen LogP) is 3.31. The molecule has 11 heavy (non-hydrogen) atoms. The van der Waals surface area contributed by atoms with Crippen LogP contribution in [0, 0.1) is 11.8 Å². The Balaban J connectivity index is 2.11. The lowest BCUT2D eigenvalue weighted by Gasteiger charge is -2.36. The Morgan fingerprint density at radius 2 is 1.18 bits per heavy atom. The first kappa shape index (κ1) is 7.15. The van der Waals surface area contributed by atoms with Crippen molar-refractivity contribution in [2.24, 2.45) is 11.8 Å². The predicted molar refractivity (Wildman–Crippen MR) is 48.3 cm³/mol. The van der Waals surface area contributed by atoms with Crippen LogP contribution >= 0.6 is 0 Å². The first-order valence-electron chi connectivity index (χ1n) is 4.57. The molecule has 0 atom stereocenters. The van der Waals surface area contributed by atoms with E-state index < -0.39 is 0 Å². The zero-order valence-electron chi connectivity index (χ0n) is 7.10. The van der Waals surface area contributed by atoms with Gasteiger partial charge in [0, 0.05) is 0 Å². The van der Waals surface area contributed by atoms with Crippen LogP contribution in [0.25, 0.3) is 0 Å². The van der Waals surface area contributed by atoms with E-state index in [1.807, 2.05) is 0 Å². The van der Waals surface area contributed by atoms with Crippen LogP contribution < -0.4 is 0 Å². The first-order chi connectivity index (χ1) is 5.24. The third-order valence-corrected chi connectivity index (χ3v) is 2.98. The standard InChI is InChI=1S/C11H16/c1-8-3-10-5-9(2)6-11(4-8)7-10/h10-11H,1-7H2. The van der Waals surface area contributed by atoms with Gasteiger partial charge in [-0.3, -0.25) is 0 Å². The highest BCUT2D eigenvalue weighted by Gasteiger charge is 2.29. The Morgan fingerprint density at radius 1 is 0.818 bits per heavy atom. The fourth-order valence-electron chi connectivity index (χ4n) is 2.75. The van der Waals surface area contributed by atoms with Crippen molar-refractivity contribution >= 4 is 0 Å². The van der Waals surface area contributed by atoms with Gasteiger partial charge in [-0.1, -0.05) is 24.3 Å². The Kier molecular flexibility index (Phi) is 1.63. The lowest BCUT2D eigenvalue weighted by atomic mass is 9.69. The average molecular weight is 148 g/mol. The minimum absolute atomic E-state index is 0.905. The molecule has 0 N–H and O–H groups in total. The molecule has 60 valence electrons. The molecule has 0 amide bonds. The van der Waals surface area contributed by atoms with Gasteiger partial charge in [-0.25, -0.2) is 0 Å². The van der Waals surface area contributed by atoms with Crippen molar-refractivity contribution < 1.29 is 0 Å². The van der Waals surface area contributed by atoms with Crippen LogP contribution in [0.3, 0.4) is 0 Å². The number of fused-ring (bicyclic) bond motifs is 2. The summed E-state index contributed by atoms with van der Waals surface area (Å²) in [4.78, 5) is 0. The fourth-order valence-corrected chi connectivity index (χ4v) is 2.75. The van der Waals surface area contributed by atoms with Gasteiger partial charge in [-0.15, -0.1) is 0 Å². The van der Waals surface area contributed by atoms with Crippen molar-refractivity contribution in [2.45, 2.75) is 32.1 Å². The van der Waals surface area contributed by atoms with E-state index in [0.717, 1.165) is 11.8 Å². The summed E-state index contributed by atoms with van der Waals surface area (Å²) in [7, 11) is 0. The maximum Gasteiger partial charge on any atom is -0.0291 e. The second-order valence-corrected chi connectivity index (χ2v) is 4.28.